The molecule has 2 atom stereocenters. The topological polar surface area (TPSA) is 63.3 Å². The van der Waals surface area contributed by atoms with Crippen LogP contribution in [-0.2, 0) is 4.79 Å². The van der Waals surface area contributed by atoms with Gasteiger partial charge in [0.2, 0.25) is 0 Å². The summed E-state index contributed by atoms with van der Waals surface area (Å²) in [5.41, 5.74) is 3.76. The van der Waals surface area contributed by atoms with Gasteiger partial charge < -0.3 is 9.52 Å². The van der Waals surface area contributed by atoms with Gasteiger partial charge in [0.25, 0.3) is 0 Å². The summed E-state index contributed by atoms with van der Waals surface area (Å²) in [5, 5.41) is 9.34. The molecule has 20 heavy (non-hydrogen) atoms. The third-order valence-corrected chi connectivity index (χ3v) is 3.90. The quantitative estimate of drug-likeness (QED) is 0.848. The van der Waals surface area contributed by atoms with Crippen LogP contribution in [0.25, 0.3) is 11.1 Å². The monoisotopic (exact) mass is 271 g/mol. The van der Waals surface area contributed by atoms with E-state index < -0.39 is 11.9 Å². The zero-order chi connectivity index (χ0) is 14.3. The summed E-state index contributed by atoms with van der Waals surface area (Å²) < 4.78 is 5.87. The standard InChI is InChI=1S/C16H17NO3/c1-9-7-10(2)14-13(8-9)17-15(20-14)11-5-3-4-6-12(11)16(18)19/h3-4,7-8,11-12H,5-6H2,1-2H3,(H,18,19). The first-order chi connectivity index (χ1) is 9.56. The van der Waals surface area contributed by atoms with Crippen molar-refractivity contribution in [1.82, 2.24) is 4.98 Å². The number of aryl methyl sites for hydroxylation is 2. The van der Waals surface area contributed by atoms with E-state index in [0.717, 1.165) is 22.2 Å². The van der Waals surface area contributed by atoms with Crippen LogP contribution in [0, 0.1) is 19.8 Å². The van der Waals surface area contributed by atoms with Gasteiger partial charge in [0.05, 0.1) is 11.8 Å². The van der Waals surface area contributed by atoms with Gasteiger partial charge in [-0.05, 0) is 43.9 Å². The number of hydrogen-bond donors (Lipinski definition) is 1. The molecule has 0 spiro atoms. The first kappa shape index (κ1) is 12.9. The number of carboxylic acids is 1. The molecule has 1 aromatic carbocycles. The smallest absolute Gasteiger partial charge is 0.307 e. The molecule has 4 heteroatoms. The molecular weight excluding hydrogens is 254 g/mol. The number of nitrogens with zero attached hydrogens (tertiary/aromatic N) is 1. The fourth-order valence-corrected chi connectivity index (χ4v) is 2.91. The molecule has 0 aliphatic heterocycles. The van der Waals surface area contributed by atoms with Crippen molar-refractivity contribution in [3.8, 4) is 0 Å². The molecule has 3 rings (SSSR count). The fourth-order valence-electron chi connectivity index (χ4n) is 2.91. The summed E-state index contributed by atoms with van der Waals surface area (Å²) in [4.78, 5) is 15.9. The second-order valence-corrected chi connectivity index (χ2v) is 5.48. The van der Waals surface area contributed by atoms with Gasteiger partial charge in [-0.1, -0.05) is 18.2 Å². The minimum Gasteiger partial charge on any atom is -0.481 e. The molecule has 1 N–H and O–H groups in total. The number of fused-ring (bicyclic) bond motifs is 1. The van der Waals surface area contributed by atoms with Crippen LogP contribution in [0.3, 0.4) is 0 Å². The van der Waals surface area contributed by atoms with E-state index in [-0.39, 0.29) is 5.92 Å². The highest BCUT2D eigenvalue weighted by Crippen LogP contribution is 2.36. The number of aromatic nitrogens is 1. The van der Waals surface area contributed by atoms with Crippen LogP contribution in [0.1, 0.15) is 35.8 Å². The van der Waals surface area contributed by atoms with Gasteiger partial charge in [-0.15, -0.1) is 0 Å². The molecule has 0 saturated heterocycles. The summed E-state index contributed by atoms with van der Waals surface area (Å²) in [5.74, 6) is -0.862. The van der Waals surface area contributed by atoms with Gasteiger partial charge >= 0.3 is 5.97 Å². The molecule has 0 radical (unpaired) electrons. The van der Waals surface area contributed by atoms with Gasteiger partial charge in [0, 0.05) is 0 Å². The van der Waals surface area contributed by atoms with E-state index in [1.54, 1.807) is 0 Å². The molecule has 2 aromatic rings. The van der Waals surface area contributed by atoms with Crippen molar-refractivity contribution >= 4 is 17.1 Å². The van der Waals surface area contributed by atoms with Crippen molar-refractivity contribution in [2.24, 2.45) is 5.92 Å². The molecule has 0 fully saturated rings. The maximum Gasteiger partial charge on any atom is 0.307 e. The number of oxazole rings is 1. The second kappa shape index (κ2) is 4.78. The SMILES string of the molecule is Cc1cc(C)c2oc(C3CC=CCC3C(=O)O)nc2c1. The molecular formula is C16H17NO3. The highest BCUT2D eigenvalue weighted by atomic mass is 16.4. The molecule has 2 unspecified atom stereocenters. The largest absolute Gasteiger partial charge is 0.481 e. The van der Waals surface area contributed by atoms with Gasteiger partial charge in [-0.25, -0.2) is 4.98 Å². The molecule has 4 nitrogen and oxygen atoms in total. The minimum atomic E-state index is -0.783. The highest BCUT2D eigenvalue weighted by molar-refractivity contribution is 5.77. The Morgan fingerprint density at radius 3 is 2.80 bits per heavy atom. The summed E-state index contributed by atoms with van der Waals surface area (Å²) in [6.45, 7) is 4.00. The van der Waals surface area contributed by atoms with Crippen LogP contribution in [0.15, 0.2) is 28.7 Å². The predicted octanol–water partition coefficient (Wildman–Crippen LogP) is 3.58. The maximum absolute atomic E-state index is 11.4. The lowest BCUT2D eigenvalue weighted by Crippen LogP contribution is -2.23. The molecule has 104 valence electrons. The summed E-state index contributed by atoms with van der Waals surface area (Å²) in [6.07, 6.45) is 5.14. The Hall–Kier alpha value is -2.10. The van der Waals surface area contributed by atoms with Crippen LogP contribution in [-0.4, -0.2) is 16.1 Å². The molecule has 1 aliphatic rings. The van der Waals surface area contributed by atoms with Crippen LogP contribution in [0.5, 0.6) is 0 Å². The van der Waals surface area contributed by atoms with Crippen molar-refractivity contribution in [3.05, 3.63) is 41.3 Å². The zero-order valence-electron chi connectivity index (χ0n) is 11.6. The number of hydrogen-bond acceptors (Lipinski definition) is 3. The Bertz CT molecular complexity index is 699. The Morgan fingerprint density at radius 2 is 2.05 bits per heavy atom. The van der Waals surface area contributed by atoms with E-state index in [1.807, 2.05) is 38.1 Å². The fraction of sp³-hybridized carbons (Fsp3) is 0.375. The summed E-state index contributed by atoms with van der Waals surface area (Å²) in [6, 6.07) is 4.02. The van der Waals surface area contributed by atoms with E-state index in [9.17, 15) is 9.90 Å². The number of carboxylic acid groups (broad SMARTS) is 1. The minimum absolute atomic E-state index is 0.176. The summed E-state index contributed by atoms with van der Waals surface area (Å²) >= 11 is 0. The first-order valence-electron chi connectivity index (χ1n) is 6.81. The van der Waals surface area contributed by atoms with Gasteiger partial charge in [0.15, 0.2) is 11.5 Å². The van der Waals surface area contributed by atoms with Gasteiger partial charge in [-0.2, -0.15) is 0 Å². The van der Waals surface area contributed by atoms with Crippen LogP contribution in [0.2, 0.25) is 0 Å². The molecule has 0 saturated carbocycles. The average Bonchev–Trinajstić information content (AvgIpc) is 2.82. The Balaban J connectivity index is 2.07. The van der Waals surface area contributed by atoms with E-state index in [2.05, 4.69) is 4.98 Å². The van der Waals surface area contributed by atoms with Crippen molar-refractivity contribution in [2.75, 3.05) is 0 Å². The lowest BCUT2D eigenvalue weighted by atomic mass is 9.83. The van der Waals surface area contributed by atoms with Crippen molar-refractivity contribution in [2.45, 2.75) is 32.6 Å². The zero-order valence-corrected chi connectivity index (χ0v) is 11.6. The van der Waals surface area contributed by atoms with Crippen molar-refractivity contribution in [1.29, 1.82) is 0 Å². The number of allylic oxidation sites excluding steroid dienone is 2. The van der Waals surface area contributed by atoms with Crippen LogP contribution < -0.4 is 0 Å². The van der Waals surface area contributed by atoms with Gasteiger partial charge in [0.1, 0.15) is 5.52 Å². The molecule has 1 aliphatic carbocycles. The third kappa shape index (κ3) is 2.11. The Morgan fingerprint density at radius 1 is 1.30 bits per heavy atom. The Labute approximate surface area is 117 Å². The van der Waals surface area contributed by atoms with Gasteiger partial charge in [-0.3, -0.25) is 4.79 Å². The van der Waals surface area contributed by atoms with E-state index in [0.29, 0.717) is 18.7 Å². The van der Waals surface area contributed by atoms with Crippen LogP contribution >= 0.6 is 0 Å². The lowest BCUT2D eigenvalue weighted by Gasteiger charge is -2.21. The van der Waals surface area contributed by atoms with E-state index >= 15 is 0 Å². The first-order valence-corrected chi connectivity index (χ1v) is 6.81. The normalized spacial score (nSPS) is 22.3. The Kier molecular flexibility index (Phi) is 3.08. The molecule has 0 amide bonds. The molecule has 1 heterocycles. The van der Waals surface area contributed by atoms with Crippen molar-refractivity contribution in [3.63, 3.8) is 0 Å². The van der Waals surface area contributed by atoms with Crippen LogP contribution in [0.4, 0.5) is 0 Å². The predicted molar refractivity (Wildman–Crippen MR) is 75.7 cm³/mol. The molecule has 1 aromatic heterocycles. The van der Waals surface area contributed by atoms with Crippen molar-refractivity contribution < 1.29 is 14.3 Å². The third-order valence-electron chi connectivity index (χ3n) is 3.90. The lowest BCUT2D eigenvalue weighted by molar-refractivity contribution is -0.142. The number of benzene rings is 1. The second-order valence-electron chi connectivity index (χ2n) is 5.48. The molecule has 0 bridgehead atoms. The summed E-state index contributed by atoms with van der Waals surface area (Å²) in [7, 11) is 0. The average molecular weight is 271 g/mol. The maximum atomic E-state index is 11.4. The van der Waals surface area contributed by atoms with E-state index in [4.69, 9.17) is 4.42 Å². The highest BCUT2D eigenvalue weighted by Gasteiger charge is 2.33. The number of aliphatic carboxylic acids is 1. The number of rotatable bonds is 2. The number of carbonyl (C=O) groups is 1. The van der Waals surface area contributed by atoms with E-state index in [1.165, 1.54) is 0 Å².